The van der Waals surface area contributed by atoms with Crippen molar-refractivity contribution in [2.45, 2.75) is 25.5 Å². The second-order valence-corrected chi connectivity index (χ2v) is 3.14. The third kappa shape index (κ3) is 3.18. The van der Waals surface area contributed by atoms with Gasteiger partial charge in [-0.25, -0.2) is 0 Å². The first kappa shape index (κ1) is 8.97. The Hall–Kier alpha value is -0.120. The van der Waals surface area contributed by atoms with Crippen molar-refractivity contribution in [1.82, 2.24) is 10.6 Å². The van der Waals surface area contributed by atoms with Gasteiger partial charge in [0.25, 0.3) is 0 Å². The Bertz CT molecular complexity index is 102. The van der Waals surface area contributed by atoms with Crippen LogP contribution in [0, 0.1) is 0 Å². The molecule has 0 aromatic rings. The van der Waals surface area contributed by atoms with Crippen LogP contribution < -0.4 is 10.6 Å². The zero-order chi connectivity index (χ0) is 8.10. The van der Waals surface area contributed by atoms with Crippen LogP contribution in [0.4, 0.5) is 0 Å². The van der Waals surface area contributed by atoms with Gasteiger partial charge in [0, 0.05) is 32.8 Å². The lowest BCUT2D eigenvalue weighted by atomic mass is 10.1. The molecule has 1 rings (SSSR count). The summed E-state index contributed by atoms with van der Waals surface area (Å²) in [6.07, 6.45) is 1.47. The maximum Gasteiger partial charge on any atom is 0.0558 e. The van der Waals surface area contributed by atoms with Crippen molar-refractivity contribution < 1.29 is 4.74 Å². The molecular weight excluding hydrogens is 140 g/mol. The number of piperazine rings is 1. The molecule has 0 aromatic heterocycles. The molecule has 66 valence electrons. The van der Waals surface area contributed by atoms with Gasteiger partial charge < -0.3 is 15.4 Å². The van der Waals surface area contributed by atoms with Crippen LogP contribution in [-0.2, 0) is 4.74 Å². The summed E-state index contributed by atoms with van der Waals surface area (Å²) in [5.74, 6) is 0. The van der Waals surface area contributed by atoms with E-state index in [1.54, 1.807) is 7.11 Å². The fourth-order valence-corrected chi connectivity index (χ4v) is 1.38. The fraction of sp³-hybridized carbons (Fsp3) is 1.00. The minimum atomic E-state index is 0.368. The fourth-order valence-electron chi connectivity index (χ4n) is 1.38. The van der Waals surface area contributed by atoms with Gasteiger partial charge in [-0.05, 0) is 13.3 Å². The Labute approximate surface area is 68.5 Å². The Morgan fingerprint density at radius 3 is 2.91 bits per heavy atom. The molecule has 11 heavy (non-hydrogen) atoms. The first-order valence-corrected chi connectivity index (χ1v) is 4.30. The van der Waals surface area contributed by atoms with Crippen molar-refractivity contribution in [3.05, 3.63) is 0 Å². The summed E-state index contributed by atoms with van der Waals surface area (Å²) < 4.78 is 5.19. The highest BCUT2D eigenvalue weighted by Crippen LogP contribution is 2.01. The third-order valence-electron chi connectivity index (χ3n) is 2.14. The van der Waals surface area contributed by atoms with Gasteiger partial charge in [0.15, 0.2) is 0 Å². The molecule has 2 unspecified atom stereocenters. The predicted molar refractivity (Wildman–Crippen MR) is 45.7 cm³/mol. The van der Waals surface area contributed by atoms with Crippen molar-refractivity contribution in [2.75, 3.05) is 26.7 Å². The Balaban J connectivity index is 2.13. The first-order valence-electron chi connectivity index (χ1n) is 4.30. The number of hydrogen-bond donors (Lipinski definition) is 2. The number of rotatable bonds is 3. The quantitative estimate of drug-likeness (QED) is 0.605. The summed E-state index contributed by atoms with van der Waals surface area (Å²) in [6, 6.07) is 0.596. The molecule has 0 saturated carbocycles. The summed E-state index contributed by atoms with van der Waals surface area (Å²) in [5, 5.41) is 6.79. The van der Waals surface area contributed by atoms with Crippen LogP contribution in [0.15, 0.2) is 0 Å². The molecule has 3 nitrogen and oxygen atoms in total. The molecule has 0 aromatic carbocycles. The zero-order valence-corrected chi connectivity index (χ0v) is 7.39. The predicted octanol–water partition coefficient (Wildman–Crippen LogP) is -0.0272. The van der Waals surface area contributed by atoms with E-state index in [0.29, 0.717) is 12.1 Å². The average Bonchev–Trinajstić information content (AvgIpc) is 2.06. The van der Waals surface area contributed by atoms with E-state index in [2.05, 4.69) is 17.6 Å². The van der Waals surface area contributed by atoms with Crippen LogP contribution in [-0.4, -0.2) is 38.9 Å². The first-order chi connectivity index (χ1) is 5.33. The van der Waals surface area contributed by atoms with E-state index in [0.717, 1.165) is 26.1 Å². The largest absolute Gasteiger partial charge is 0.382 e. The smallest absolute Gasteiger partial charge is 0.0558 e. The molecule has 0 bridgehead atoms. The molecule has 1 saturated heterocycles. The molecule has 1 fully saturated rings. The monoisotopic (exact) mass is 158 g/mol. The minimum absolute atomic E-state index is 0.368. The molecule has 0 radical (unpaired) electrons. The highest BCUT2D eigenvalue weighted by atomic mass is 16.5. The second-order valence-electron chi connectivity index (χ2n) is 3.14. The SMILES string of the molecule is COC(C)CC1CNCCN1. The van der Waals surface area contributed by atoms with E-state index in [9.17, 15) is 0 Å². The van der Waals surface area contributed by atoms with Crippen LogP contribution in [0.5, 0.6) is 0 Å². The lowest BCUT2D eigenvalue weighted by molar-refractivity contribution is 0.0984. The summed E-state index contributed by atoms with van der Waals surface area (Å²) >= 11 is 0. The van der Waals surface area contributed by atoms with Crippen molar-refractivity contribution in [2.24, 2.45) is 0 Å². The van der Waals surface area contributed by atoms with Crippen LogP contribution in [0.25, 0.3) is 0 Å². The third-order valence-corrected chi connectivity index (χ3v) is 2.14. The van der Waals surface area contributed by atoms with Gasteiger partial charge in [-0.15, -0.1) is 0 Å². The van der Waals surface area contributed by atoms with Gasteiger partial charge in [0.1, 0.15) is 0 Å². The number of methoxy groups -OCH3 is 1. The number of ether oxygens (including phenoxy) is 1. The molecule has 1 aliphatic heterocycles. The normalized spacial score (nSPS) is 28.4. The number of nitrogens with one attached hydrogen (secondary N) is 2. The Morgan fingerprint density at radius 2 is 2.36 bits per heavy atom. The van der Waals surface area contributed by atoms with Crippen molar-refractivity contribution >= 4 is 0 Å². The van der Waals surface area contributed by atoms with E-state index in [4.69, 9.17) is 4.74 Å². The lowest BCUT2D eigenvalue weighted by Gasteiger charge is -2.26. The maximum atomic E-state index is 5.19. The molecular formula is C8H18N2O. The van der Waals surface area contributed by atoms with Gasteiger partial charge in [-0.3, -0.25) is 0 Å². The van der Waals surface area contributed by atoms with E-state index in [-0.39, 0.29) is 0 Å². The zero-order valence-electron chi connectivity index (χ0n) is 7.39. The highest BCUT2D eigenvalue weighted by molar-refractivity contribution is 4.76. The molecule has 2 atom stereocenters. The van der Waals surface area contributed by atoms with Gasteiger partial charge >= 0.3 is 0 Å². The van der Waals surface area contributed by atoms with Crippen molar-refractivity contribution in [3.8, 4) is 0 Å². The Kier molecular flexibility index (Phi) is 3.83. The summed E-state index contributed by atoms with van der Waals surface area (Å²) in [4.78, 5) is 0. The van der Waals surface area contributed by atoms with E-state index >= 15 is 0 Å². The van der Waals surface area contributed by atoms with Gasteiger partial charge in [0.2, 0.25) is 0 Å². The van der Waals surface area contributed by atoms with Crippen LogP contribution >= 0.6 is 0 Å². The minimum Gasteiger partial charge on any atom is -0.382 e. The van der Waals surface area contributed by atoms with Gasteiger partial charge in [-0.2, -0.15) is 0 Å². The molecule has 1 aliphatic rings. The maximum absolute atomic E-state index is 5.19. The summed E-state index contributed by atoms with van der Waals surface area (Å²) in [6.45, 7) is 5.36. The van der Waals surface area contributed by atoms with Crippen LogP contribution in [0.3, 0.4) is 0 Å². The summed E-state index contributed by atoms with van der Waals surface area (Å²) in [5.41, 5.74) is 0. The van der Waals surface area contributed by atoms with Crippen LogP contribution in [0.2, 0.25) is 0 Å². The Morgan fingerprint density at radius 1 is 1.55 bits per heavy atom. The molecule has 0 aliphatic carbocycles. The molecule has 0 amide bonds. The average molecular weight is 158 g/mol. The highest BCUT2D eigenvalue weighted by Gasteiger charge is 2.14. The van der Waals surface area contributed by atoms with Crippen molar-refractivity contribution in [1.29, 1.82) is 0 Å². The topological polar surface area (TPSA) is 33.3 Å². The lowest BCUT2D eigenvalue weighted by Crippen LogP contribution is -2.49. The molecule has 3 heteroatoms. The van der Waals surface area contributed by atoms with E-state index in [1.807, 2.05) is 0 Å². The second kappa shape index (κ2) is 4.70. The molecule has 0 spiro atoms. The standard InChI is InChI=1S/C8H18N2O/c1-7(11-2)5-8-6-9-3-4-10-8/h7-10H,3-6H2,1-2H3. The molecule has 1 heterocycles. The van der Waals surface area contributed by atoms with Gasteiger partial charge in [0.05, 0.1) is 6.10 Å². The molecule has 2 N–H and O–H groups in total. The van der Waals surface area contributed by atoms with Crippen LogP contribution in [0.1, 0.15) is 13.3 Å². The number of hydrogen-bond acceptors (Lipinski definition) is 3. The van der Waals surface area contributed by atoms with Gasteiger partial charge in [-0.1, -0.05) is 0 Å². The van der Waals surface area contributed by atoms with E-state index in [1.165, 1.54) is 0 Å². The van der Waals surface area contributed by atoms with E-state index < -0.39 is 0 Å². The van der Waals surface area contributed by atoms with Crippen molar-refractivity contribution in [3.63, 3.8) is 0 Å². The summed E-state index contributed by atoms with van der Waals surface area (Å²) in [7, 11) is 1.76.